The van der Waals surface area contributed by atoms with Crippen molar-refractivity contribution in [2.45, 2.75) is 47.5 Å². The van der Waals surface area contributed by atoms with Crippen LogP contribution in [0.2, 0.25) is 0 Å². The molecule has 0 spiro atoms. The number of hydrogen-bond acceptors (Lipinski definition) is 9. The average Bonchev–Trinajstić information content (AvgIpc) is 3.43. The van der Waals surface area contributed by atoms with E-state index in [0.717, 1.165) is 20.2 Å². The molecule has 0 aliphatic carbocycles. The lowest BCUT2D eigenvalue weighted by Crippen LogP contribution is -2.25. The summed E-state index contributed by atoms with van der Waals surface area (Å²) in [5.41, 5.74) is 16.2. The van der Waals surface area contributed by atoms with Crippen LogP contribution in [0.4, 0.5) is 11.6 Å². The number of halogens is 2. The van der Waals surface area contributed by atoms with E-state index >= 15 is 0 Å². The molecule has 0 aliphatic heterocycles. The number of likely N-dealkylation sites (N-methyl/N-ethyl adjacent to an activating group) is 1. The van der Waals surface area contributed by atoms with Crippen LogP contribution < -0.4 is 11.5 Å². The summed E-state index contributed by atoms with van der Waals surface area (Å²) >= 11 is 6.70. The standard InChI is InChI=1S/C11H14BrN5O.C11H13BrN4O2.C2H6/c1-6-7(4-9(18)16(2)3)10(13)17-11(15-6)8(12)5-14-17;1-3-18-9(17)4-7-6(2)15-11-8(12)5-14-16(11)10(7)13;1-2/h5H,4,13H2,1-3H3;5H,3-4,13H2,1-2H3;1-2H3. The quantitative estimate of drug-likeness (QED) is 0.307. The monoisotopic (exact) mass is 653 g/mol. The van der Waals surface area contributed by atoms with Crippen LogP contribution in [0.5, 0.6) is 0 Å². The molecule has 0 atom stereocenters. The van der Waals surface area contributed by atoms with Gasteiger partial charge < -0.3 is 21.1 Å². The van der Waals surface area contributed by atoms with E-state index in [2.05, 4.69) is 52.0 Å². The van der Waals surface area contributed by atoms with Gasteiger partial charge in [0.05, 0.1) is 40.8 Å². The van der Waals surface area contributed by atoms with Gasteiger partial charge in [-0.25, -0.2) is 9.97 Å². The van der Waals surface area contributed by atoms with Gasteiger partial charge in [0.2, 0.25) is 5.91 Å². The first kappa shape index (κ1) is 31.0. The molecule has 0 saturated heterocycles. The highest BCUT2D eigenvalue weighted by Gasteiger charge is 2.18. The molecule has 12 nitrogen and oxygen atoms in total. The Bertz CT molecular complexity index is 1450. The first-order chi connectivity index (χ1) is 18.0. The molecule has 0 unspecified atom stereocenters. The van der Waals surface area contributed by atoms with Crippen LogP contribution in [-0.2, 0) is 27.2 Å². The van der Waals surface area contributed by atoms with E-state index in [9.17, 15) is 9.59 Å². The van der Waals surface area contributed by atoms with Crippen molar-refractivity contribution in [2.75, 3.05) is 32.2 Å². The zero-order chi connectivity index (χ0) is 28.7. The van der Waals surface area contributed by atoms with Gasteiger partial charge in [-0.05, 0) is 52.6 Å². The number of aryl methyl sites for hydroxylation is 2. The molecule has 4 aromatic rings. The topological polar surface area (TPSA) is 159 Å². The third kappa shape index (κ3) is 6.78. The maximum atomic E-state index is 11.8. The molecule has 4 N–H and O–H groups in total. The number of aromatic nitrogens is 6. The zero-order valence-electron chi connectivity index (χ0n) is 22.5. The number of esters is 1. The fraction of sp³-hybridized carbons (Fsp3) is 0.417. The summed E-state index contributed by atoms with van der Waals surface area (Å²) in [4.78, 5) is 33.6. The van der Waals surface area contributed by atoms with E-state index in [-0.39, 0.29) is 24.7 Å². The predicted octanol–water partition coefficient (Wildman–Crippen LogP) is 3.53. The summed E-state index contributed by atoms with van der Waals surface area (Å²) in [5, 5.41) is 8.23. The molecule has 206 valence electrons. The summed E-state index contributed by atoms with van der Waals surface area (Å²) in [6.45, 7) is 9.76. The first-order valence-corrected chi connectivity index (χ1v) is 13.5. The van der Waals surface area contributed by atoms with Gasteiger partial charge in [-0.15, -0.1) is 0 Å². The Morgan fingerprint density at radius 1 is 0.895 bits per heavy atom. The number of amides is 1. The molecule has 0 aliphatic rings. The summed E-state index contributed by atoms with van der Waals surface area (Å²) in [6, 6.07) is 0. The minimum absolute atomic E-state index is 0.0165. The van der Waals surface area contributed by atoms with Gasteiger partial charge >= 0.3 is 5.97 Å². The Hall–Kier alpha value is -3.26. The second-order valence-electron chi connectivity index (χ2n) is 8.02. The molecule has 4 heterocycles. The number of fused-ring (bicyclic) bond motifs is 2. The number of carbonyl (C=O) groups is 2. The van der Waals surface area contributed by atoms with Crippen molar-refractivity contribution in [2.24, 2.45) is 0 Å². The van der Waals surface area contributed by atoms with Crippen molar-refractivity contribution >= 4 is 66.7 Å². The molecule has 1 amide bonds. The Morgan fingerprint density at radius 2 is 1.32 bits per heavy atom. The number of nitrogen functional groups attached to an aromatic ring is 2. The largest absolute Gasteiger partial charge is 0.466 e. The van der Waals surface area contributed by atoms with Crippen LogP contribution in [0.15, 0.2) is 21.3 Å². The Kier molecular flexibility index (Phi) is 11.0. The summed E-state index contributed by atoms with van der Waals surface area (Å²) in [5.74, 6) is 0.534. The number of carbonyl (C=O) groups excluding carboxylic acids is 2. The Labute approximate surface area is 238 Å². The number of anilines is 2. The second kappa shape index (κ2) is 13.5. The highest BCUT2D eigenvalue weighted by atomic mass is 79.9. The lowest BCUT2D eigenvalue weighted by atomic mass is 10.1. The van der Waals surface area contributed by atoms with Crippen molar-refractivity contribution in [1.29, 1.82) is 0 Å². The molecular weight excluding hydrogens is 622 g/mol. The maximum absolute atomic E-state index is 11.8. The van der Waals surface area contributed by atoms with Crippen molar-refractivity contribution in [3.05, 3.63) is 43.9 Å². The summed E-state index contributed by atoms with van der Waals surface area (Å²) < 4.78 is 9.50. The van der Waals surface area contributed by atoms with Gasteiger partial charge in [0.15, 0.2) is 11.3 Å². The molecule has 0 bridgehead atoms. The van der Waals surface area contributed by atoms with Crippen LogP contribution in [-0.4, -0.2) is 66.7 Å². The van der Waals surface area contributed by atoms with E-state index in [1.54, 1.807) is 33.4 Å². The molecule has 0 radical (unpaired) electrons. The minimum Gasteiger partial charge on any atom is -0.466 e. The van der Waals surface area contributed by atoms with E-state index in [1.165, 1.54) is 13.9 Å². The van der Waals surface area contributed by atoms with Crippen molar-refractivity contribution in [1.82, 2.24) is 34.1 Å². The molecule has 4 aromatic heterocycles. The van der Waals surface area contributed by atoms with Crippen LogP contribution in [0.25, 0.3) is 11.3 Å². The summed E-state index contributed by atoms with van der Waals surface area (Å²) in [6.07, 6.45) is 3.58. The fourth-order valence-corrected chi connectivity index (χ4v) is 4.08. The molecule has 4 rings (SSSR count). The molecule has 0 aromatic carbocycles. The third-order valence-electron chi connectivity index (χ3n) is 5.35. The van der Waals surface area contributed by atoms with Crippen LogP contribution in [0.3, 0.4) is 0 Å². The van der Waals surface area contributed by atoms with Gasteiger partial charge in [-0.1, -0.05) is 13.8 Å². The highest BCUT2D eigenvalue weighted by molar-refractivity contribution is 9.11. The number of nitrogens with zero attached hydrogens (tertiary/aromatic N) is 7. The van der Waals surface area contributed by atoms with Crippen LogP contribution in [0, 0.1) is 13.8 Å². The van der Waals surface area contributed by atoms with Crippen molar-refractivity contribution in [3.63, 3.8) is 0 Å². The molecule has 0 saturated carbocycles. The van der Waals surface area contributed by atoms with Gasteiger partial charge in [-0.2, -0.15) is 19.2 Å². The van der Waals surface area contributed by atoms with Crippen LogP contribution in [0.1, 0.15) is 43.3 Å². The lowest BCUT2D eigenvalue weighted by Gasteiger charge is -2.13. The number of ether oxygens (including phenoxy) is 1. The first-order valence-electron chi connectivity index (χ1n) is 11.9. The minimum atomic E-state index is -0.320. The van der Waals surface area contributed by atoms with Gasteiger partial charge in [0.1, 0.15) is 11.6 Å². The van der Waals surface area contributed by atoms with E-state index < -0.39 is 0 Å². The zero-order valence-corrected chi connectivity index (χ0v) is 25.7. The maximum Gasteiger partial charge on any atom is 0.310 e. The van der Waals surface area contributed by atoms with Crippen LogP contribution >= 0.6 is 31.9 Å². The average molecular weight is 655 g/mol. The van der Waals surface area contributed by atoms with E-state index in [0.29, 0.717) is 40.8 Å². The normalized spacial score (nSPS) is 10.4. The number of rotatable bonds is 5. The smallest absolute Gasteiger partial charge is 0.310 e. The number of hydrogen-bond donors (Lipinski definition) is 2. The van der Waals surface area contributed by atoms with Gasteiger partial charge in [0.25, 0.3) is 0 Å². The molecular formula is C24H33Br2N9O3. The fourth-order valence-electron chi connectivity index (χ4n) is 3.38. The molecule has 14 heteroatoms. The van der Waals surface area contributed by atoms with Crippen molar-refractivity contribution in [3.8, 4) is 0 Å². The molecule has 38 heavy (non-hydrogen) atoms. The number of nitrogens with two attached hydrogens (primary N) is 2. The van der Waals surface area contributed by atoms with E-state index in [1.807, 2.05) is 27.7 Å². The second-order valence-corrected chi connectivity index (χ2v) is 9.73. The lowest BCUT2D eigenvalue weighted by molar-refractivity contribution is -0.142. The van der Waals surface area contributed by atoms with Gasteiger partial charge in [0, 0.05) is 36.6 Å². The third-order valence-corrected chi connectivity index (χ3v) is 6.47. The van der Waals surface area contributed by atoms with Gasteiger partial charge in [-0.3, -0.25) is 9.59 Å². The Balaban J connectivity index is 0.000000251. The Morgan fingerprint density at radius 3 is 1.71 bits per heavy atom. The predicted molar refractivity (Wildman–Crippen MR) is 154 cm³/mol. The summed E-state index contributed by atoms with van der Waals surface area (Å²) in [7, 11) is 3.43. The highest BCUT2D eigenvalue weighted by Crippen LogP contribution is 2.24. The van der Waals surface area contributed by atoms with Crippen molar-refractivity contribution < 1.29 is 14.3 Å². The SMILES string of the molecule is CC.CCOC(=O)Cc1c(C)nc2c(Br)cnn2c1N.Cc1nc2c(Br)cnn2c(N)c1CC(=O)N(C)C. The molecule has 0 fully saturated rings. The van der Waals surface area contributed by atoms with E-state index in [4.69, 9.17) is 16.2 Å².